The second kappa shape index (κ2) is 1.10. The van der Waals surface area contributed by atoms with E-state index in [1.165, 1.54) is 0 Å². The predicted octanol–water partition coefficient (Wildman–Crippen LogP) is 0.660. The van der Waals surface area contributed by atoms with Crippen molar-refractivity contribution in [1.29, 1.82) is 0 Å². The summed E-state index contributed by atoms with van der Waals surface area (Å²) < 4.78 is 0. The minimum Gasteiger partial charge on any atom is -0.328 e. The van der Waals surface area contributed by atoms with Gasteiger partial charge in [-0.3, -0.25) is 0 Å². The highest BCUT2D eigenvalue weighted by Gasteiger charge is 2.45. The lowest BCUT2D eigenvalue weighted by Gasteiger charge is -1.96. The summed E-state index contributed by atoms with van der Waals surface area (Å²) >= 11 is 0. The molecule has 3 heteroatoms. The van der Waals surface area contributed by atoms with E-state index in [0.717, 1.165) is 19.3 Å². The molecule has 1 heterocycles. The first kappa shape index (κ1) is 4.44. The summed E-state index contributed by atoms with van der Waals surface area (Å²) in [4.78, 5) is 0. The largest absolute Gasteiger partial charge is 0.328 e. The number of rotatable bonds is 0. The van der Waals surface area contributed by atoms with E-state index in [2.05, 4.69) is 10.2 Å². The fourth-order valence-corrected chi connectivity index (χ4v) is 1.29. The van der Waals surface area contributed by atoms with Crippen LogP contribution in [0.2, 0.25) is 0 Å². The van der Waals surface area contributed by atoms with Crippen LogP contribution in [-0.2, 0) is 0 Å². The lowest BCUT2D eigenvalue weighted by atomic mass is 10.2. The van der Waals surface area contributed by atoms with Crippen molar-refractivity contribution in [3.63, 3.8) is 0 Å². The number of hydrogen-bond acceptors (Lipinski definition) is 3. The molecule has 0 aromatic rings. The van der Waals surface area contributed by atoms with E-state index in [1.54, 1.807) is 0 Å². The van der Waals surface area contributed by atoms with Gasteiger partial charge in [0.1, 0.15) is 0 Å². The molecule has 0 radical (unpaired) electrons. The van der Waals surface area contributed by atoms with Crippen molar-refractivity contribution in [1.82, 2.24) is 0 Å². The van der Waals surface area contributed by atoms with Gasteiger partial charge in [0, 0.05) is 12.5 Å². The third-order valence-electron chi connectivity index (χ3n) is 1.89. The first-order chi connectivity index (χ1) is 3.81. The standard InChI is InChI=1S/C5H9N3/c6-4-1-2-5(3-4)7-8-5/h4H,1-3,6H2. The van der Waals surface area contributed by atoms with E-state index in [9.17, 15) is 0 Å². The van der Waals surface area contributed by atoms with Crippen LogP contribution >= 0.6 is 0 Å². The van der Waals surface area contributed by atoms with E-state index in [1.807, 2.05) is 0 Å². The van der Waals surface area contributed by atoms with Crippen LogP contribution in [0.3, 0.4) is 0 Å². The molecule has 1 spiro atoms. The molecule has 2 aliphatic rings. The SMILES string of the molecule is NC1CCC2(C1)N=N2. The molecule has 8 heavy (non-hydrogen) atoms. The van der Waals surface area contributed by atoms with Gasteiger partial charge in [-0.15, -0.1) is 0 Å². The fraction of sp³-hybridized carbons (Fsp3) is 1.00. The Morgan fingerprint density at radius 2 is 2.25 bits per heavy atom. The highest BCUT2D eigenvalue weighted by Crippen LogP contribution is 2.43. The van der Waals surface area contributed by atoms with Crippen molar-refractivity contribution >= 4 is 0 Å². The number of nitrogens with two attached hydrogens (primary N) is 1. The van der Waals surface area contributed by atoms with E-state index in [-0.39, 0.29) is 5.66 Å². The van der Waals surface area contributed by atoms with Crippen LogP contribution in [0.1, 0.15) is 19.3 Å². The highest BCUT2D eigenvalue weighted by atomic mass is 15.4. The van der Waals surface area contributed by atoms with Crippen LogP contribution in [0.4, 0.5) is 0 Å². The van der Waals surface area contributed by atoms with Crippen molar-refractivity contribution in [2.75, 3.05) is 0 Å². The minimum atomic E-state index is 0.0411. The molecule has 0 saturated heterocycles. The molecule has 1 fully saturated rings. The summed E-state index contributed by atoms with van der Waals surface area (Å²) in [5.74, 6) is 0. The van der Waals surface area contributed by atoms with Crippen LogP contribution in [0.5, 0.6) is 0 Å². The van der Waals surface area contributed by atoms with Gasteiger partial charge in [-0.25, -0.2) is 0 Å². The molecule has 1 aliphatic heterocycles. The van der Waals surface area contributed by atoms with Gasteiger partial charge in [-0.1, -0.05) is 0 Å². The van der Waals surface area contributed by atoms with E-state index in [0.29, 0.717) is 6.04 Å². The Labute approximate surface area is 48.0 Å². The molecule has 0 bridgehead atoms. The summed E-state index contributed by atoms with van der Waals surface area (Å²) in [5, 5.41) is 7.86. The quantitative estimate of drug-likeness (QED) is 0.490. The molecular weight excluding hydrogens is 102 g/mol. The van der Waals surface area contributed by atoms with Crippen molar-refractivity contribution in [2.24, 2.45) is 16.0 Å². The molecule has 3 nitrogen and oxygen atoms in total. The van der Waals surface area contributed by atoms with Gasteiger partial charge in [0.15, 0.2) is 5.66 Å². The smallest absolute Gasteiger partial charge is 0.192 e. The lowest BCUT2D eigenvalue weighted by Crippen LogP contribution is -2.16. The normalized spacial score (nSPS) is 38.9. The van der Waals surface area contributed by atoms with Gasteiger partial charge < -0.3 is 5.73 Å². The second-order valence-electron chi connectivity index (χ2n) is 2.69. The summed E-state index contributed by atoms with van der Waals surface area (Å²) in [6, 6.07) is 0.366. The molecular formula is C5H9N3. The Balaban J connectivity index is 2.04. The van der Waals surface area contributed by atoms with E-state index < -0.39 is 0 Å². The maximum Gasteiger partial charge on any atom is 0.192 e. The van der Waals surface area contributed by atoms with Gasteiger partial charge >= 0.3 is 0 Å². The van der Waals surface area contributed by atoms with E-state index >= 15 is 0 Å². The first-order valence-electron chi connectivity index (χ1n) is 3.00. The predicted molar refractivity (Wildman–Crippen MR) is 29.4 cm³/mol. The fourth-order valence-electron chi connectivity index (χ4n) is 1.29. The molecule has 2 N–H and O–H groups in total. The first-order valence-corrected chi connectivity index (χ1v) is 3.00. The van der Waals surface area contributed by atoms with Gasteiger partial charge in [0.2, 0.25) is 0 Å². The molecule has 1 unspecified atom stereocenters. The third kappa shape index (κ3) is 0.478. The Hall–Kier alpha value is -0.440. The maximum atomic E-state index is 5.63. The Bertz CT molecular complexity index is 135. The zero-order valence-electron chi connectivity index (χ0n) is 4.67. The summed E-state index contributed by atoms with van der Waals surface area (Å²) in [6.07, 6.45) is 3.19. The third-order valence-corrected chi connectivity index (χ3v) is 1.89. The van der Waals surface area contributed by atoms with Gasteiger partial charge in [-0.2, -0.15) is 10.2 Å². The molecule has 1 atom stereocenters. The van der Waals surface area contributed by atoms with Crippen molar-refractivity contribution in [3.05, 3.63) is 0 Å². The van der Waals surface area contributed by atoms with Crippen LogP contribution in [0, 0.1) is 0 Å². The molecule has 1 saturated carbocycles. The summed E-state index contributed by atoms with van der Waals surface area (Å²) in [5.41, 5.74) is 5.67. The van der Waals surface area contributed by atoms with Gasteiger partial charge in [0.25, 0.3) is 0 Å². The van der Waals surface area contributed by atoms with Gasteiger partial charge in [0.05, 0.1) is 0 Å². The average Bonchev–Trinajstić information content (AvgIpc) is 2.34. The van der Waals surface area contributed by atoms with Crippen LogP contribution < -0.4 is 5.73 Å². The maximum absolute atomic E-state index is 5.63. The summed E-state index contributed by atoms with van der Waals surface area (Å²) in [6.45, 7) is 0. The van der Waals surface area contributed by atoms with Crippen LogP contribution in [0.25, 0.3) is 0 Å². The summed E-state index contributed by atoms with van der Waals surface area (Å²) in [7, 11) is 0. The average molecular weight is 111 g/mol. The van der Waals surface area contributed by atoms with Crippen LogP contribution in [0.15, 0.2) is 10.2 Å². The molecule has 1 aliphatic carbocycles. The minimum absolute atomic E-state index is 0.0411. The Kier molecular flexibility index (Phi) is 0.612. The Morgan fingerprint density at radius 3 is 2.50 bits per heavy atom. The number of nitrogens with zero attached hydrogens (tertiary/aromatic N) is 2. The van der Waals surface area contributed by atoms with Gasteiger partial charge in [-0.05, 0) is 12.8 Å². The molecule has 0 aromatic heterocycles. The van der Waals surface area contributed by atoms with Crippen LogP contribution in [-0.4, -0.2) is 11.7 Å². The highest BCUT2D eigenvalue weighted by molar-refractivity contribution is 5.01. The Morgan fingerprint density at radius 1 is 1.50 bits per heavy atom. The van der Waals surface area contributed by atoms with Crippen molar-refractivity contribution in [3.8, 4) is 0 Å². The second-order valence-corrected chi connectivity index (χ2v) is 2.69. The zero-order valence-corrected chi connectivity index (χ0v) is 4.67. The number of hydrogen-bond donors (Lipinski definition) is 1. The van der Waals surface area contributed by atoms with Crippen molar-refractivity contribution < 1.29 is 0 Å². The topological polar surface area (TPSA) is 50.7 Å². The molecule has 2 rings (SSSR count). The van der Waals surface area contributed by atoms with E-state index in [4.69, 9.17) is 5.73 Å². The zero-order chi connectivity index (χ0) is 5.61. The monoisotopic (exact) mass is 111 g/mol. The molecule has 0 amide bonds. The lowest BCUT2D eigenvalue weighted by molar-refractivity contribution is 0.607. The molecule has 44 valence electrons. The van der Waals surface area contributed by atoms with Crippen molar-refractivity contribution in [2.45, 2.75) is 31.0 Å². The molecule has 0 aromatic carbocycles.